The molecule has 0 aliphatic rings. The third-order valence-electron chi connectivity index (χ3n) is 2.93. The summed E-state index contributed by atoms with van der Waals surface area (Å²) in [5.74, 6) is -0.420. The molecule has 2 rings (SSSR count). The predicted molar refractivity (Wildman–Crippen MR) is 72.2 cm³/mol. The van der Waals surface area contributed by atoms with Crippen molar-refractivity contribution in [3.8, 4) is 5.75 Å². The zero-order valence-corrected chi connectivity index (χ0v) is 11.0. The Balaban J connectivity index is 2.15. The van der Waals surface area contributed by atoms with Gasteiger partial charge >= 0.3 is 6.18 Å². The molecule has 6 heteroatoms. The summed E-state index contributed by atoms with van der Waals surface area (Å²) >= 11 is 0. The maximum absolute atomic E-state index is 12.4. The molecule has 0 bridgehead atoms. The number of amides is 1. The van der Waals surface area contributed by atoms with E-state index in [-0.39, 0.29) is 11.3 Å². The third-order valence-corrected chi connectivity index (χ3v) is 2.93. The summed E-state index contributed by atoms with van der Waals surface area (Å²) in [5, 5.41) is 11.9. The van der Waals surface area contributed by atoms with Gasteiger partial charge in [0.1, 0.15) is 5.75 Å². The Morgan fingerprint density at radius 2 is 1.71 bits per heavy atom. The third kappa shape index (κ3) is 3.53. The highest BCUT2D eigenvalue weighted by Crippen LogP contribution is 2.29. The topological polar surface area (TPSA) is 49.3 Å². The van der Waals surface area contributed by atoms with Crippen molar-refractivity contribution in [1.29, 1.82) is 0 Å². The molecule has 0 spiro atoms. The number of nitrogens with one attached hydrogen (secondary N) is 1. The number of rotatable bonds is 2. The average molecular weight is 295 g/mol. The Kier molecular flexibility index (Phi) is 3.88. The van der Waals surface area contributed by atoms with Crippen molar-refractivity contribution in [1.82, 2.24) is 0 Å². The summed E-state index contributed by atoms with van der Waals surface area (Å²) in [6.45, 7) is 1.67. The lowest BCUT2D eigenvalue weighted by atomic mass is 10.1. The molecule has 0 aliphatic heterocycles. The quantitative estimate of drug-likeness (QED) is 0.824. The number of carbonyl (C=O) groups excluding carboxylic acids is 1. The number of phenolic OH excluding ortho intramolecular Hbond substituents is 1. The van der Waals surface area contributed by atoms with E-state index in [9.17, 15) is 23.1 Å². The van der Waals surface area contributed by atoms with Crippen LogP contribution in [0.3, 0.4) is 0 Å². The molecule has 0 atom stereocenters. The monoisotopic (exact) mass is 295 g/mol. The zero-order chi connectivity index (χ0) is 15.6. The van der Waals surface area contributed by atoms with Gasteiger partial charge in [-0.1, -0.05) is 0 Å². The number of aromatic hydroxyl groups is 1. The molecule has 1 amide bonds. The van der Waals surface area contributed by atoms with E-state index < -0.39 is 17.6 Å². The molecule has 2 aromatic rings. The van der Waals surface area contributed by atoms with E-state index >= 15 is 0 Å². The van der Waals surface area contributed by atoms with Crippen molar-refractivity contribution in [2.24, 2.45) is 0 Å². The minimum absolute atomic E-state index is 0.0996. The first-order valence-corrected chi connectivity index (χ1v) is 6.05. The Morgan fingerprint density at radius 1 is 1.10 bits per heavy atom. The van der Waals surface area contributed by atoms with Gasteiger partial charge in [0.25, 0.3) is 5.91 Å². The highest BCUT2D eigenvalue weighted by atomic mass is 19.4. The van der Waals surface area contributed by atoms with Crippen molar-refractivity contribution < 1.29 is 23.1 Å². The number of benzene rings is 2. The van der Waals surface area contributed by atoms with Crippen LogP contribution in [0.5, 0.6) is 5.75 Å². The molecule has 0 saturated carbocycles. The number of carbonyl (C=O) groups is 1. The normalized spacial score (nSPS) is 11.2. The van der Waals surface area contributed by atoms with Crippen LogP contribution in [0.4, 0.5) is 18.9 Å². The highest BCUT2D eigenvalue weighted by Gasteiger charge is 2.30. The van der Waals surface area contributed by atoms with E-state index in [1.54, 1.807) is 13.0 Å². The molecule has 0 fully saturated rings. The van der Waals surface area contributed by atoms with Crippen molar-refractivity contribution in [2.75, 3.05) is 5.32 Å². The fourth-order valence-corrected chi connectivity index (χ4v) is 1.75. The summed E-state index contributed by atoms with van der Waals surface area (Å²) in [4.78, 5) is 11.9. The zero-order valence-electron chi connectivity index (χ0n) is 11.0. The van der Waals surface area contributed by atoms with E-state index in [0.29, 0.717) is 11.3 Å². The van der Waals surface area contributed by atoms with Gasteiger partial charge in [-0.25, -0.2) is 0 Å². The van der Waals surface area contributed by atoms with Crippen molar-refractivity contribution in [3.63, 3.8) is 0 Å². The summed E-state index contributed by atoms with van der Waals surface area (Å²) in [6, 6.07) is 8.45. The van der Waals surface area contributed by atoms with E-state index in [1.807, 2.05) is 0 Å². The minimum atomic E-state index is -4.43. The first kappa shape index (κ1) is 14.9. The van der Waals surface area contributed by atoms with Crippen molar-refractivity contribution in [3.05, 3.63) is 59.2 Å². The second-order valence-electron chi connectivity index (χ2n) is 4.53. The number of hydrogen-bond donors (Lipinski definition) is 2. The molecule has 0 radical (unpaired) electrons. The molecule has 0 heterocycles. The molecular weight excluding hydrogens is 283 g/mol. The van der Waals surface area contributed by atoms with Crippen LogP contribution in [-0.4, -0.2) is 11.0 Å². The predicted octanol–water partition coefficient (Wildman–Crippen LogP) is 3.97. The van der Waals surface area contributed by atoms with Crippen LogP contribution in [0.15, 0.2) is 42.5 Å². The van der Waals surface area contributed by atoms with Gasteiger partial charge in [-0.05, 0) is 55.0 Å². The number of anilines is 1. The molecule has 2 aromatic carbocycles. The maximum atomic E-state index is 12.4. The van der Waals surface area contributed by atoms with Crippen LogP contribution in [0.25, 0.3) is 0 Å². The van der Waals surface area contributed by atoms with E-state index in [2.05, 4.69) is 5.32 Å². The smallest absolute Gasteiger partial charge is 0.416 e. The SMILES string of the molecule is Cc1cc(NC(=O)c2ccc(C(F)(F)F)cc2)ccc1O. The average Bonchev–Trinajstić information content (AvgIpc) is 2.42. The lowest BCUT2D eigenvalue weighted by molar-refractivity contribution is -0.137. The van der Waals surface area contributed by atoms with Gasteiger partial charge < -0.3 is 10.4 Å². The fraction of sp³-hybridized carbons (Fsp3) is 0.133. The van der Waals surface area contributed by atoms with E-state index in [4.69, 9.17) is 0 Å². The fourth-order valence-electron chi connectivity index (χ4n) is 1.75. The molecule has 110 valence electrons. The summed E-state index contributed by atoms with van der Waals surface area (Å²) < 4.78 is 37.3. The Hall–Kier alpha value is -2.50. The minimum Gasteiger partial charge on any atom is -0.508 e. The second-order valence-corrected chi connectivity index (χ2v) is 4.53. The Labute approximate surface area is 119 Å². The van der Waals surface area contributed by atoms with Gasteiger partial charge in [0.05, 0.1) is 5.56 Å². The van der Waals surface area contributed by atoms with Gasteiger partial charge in [-0.15, -0.1) is 0 Å². The summed E-state index contributed by atoms with van der Waals surface area (Å²) in [6.07, 6.45) is -4.43. The van der Waals surface area contributed by atoms with Gasteiger partial charge in [-0.3, -0.25) is 4.79 Å². The largest absolute Gasteiger partial charge is 0.508 e. The summed E-state index contributed by atoms with van der Waals surface area (Å²) in [7, 11) is 0. The Bertz CT molecular complexity index is 664. The number of aryl methyl sites for hydroxylation is 1. The lowest BCUT2D eigenvalue weighted by Gasteiger charge is -2.09. The molecule has 21 heavy (non-hydrogen) atoms. The molecule has 0 saturated heterocycles. The molecular formula is C15H12F3NO2. The first-order valence-electron chi connectivity index (χ1n) is 6.05. The van der Waals surface area contributed by atoms with Crippen LogP contribution < -0.4 is 5.32 Å². The first-order chi connectivity index (χ1) is 9.77. The molecule has 2 N–H and O–H groups in total. The highest BCUT2D eigenvalue weighted by molar-refractivity contribution is 6.04. The van der Waals surface area contributed by atoms with Crippen LogP contribution in [-0.2, 0) is 6.18 Å². The van der Waals surface area contributed by atoms with Gasteiger partial charge in [0.15, 0.2) is 0 Å². The second kappa shape index (κ2) is 5.47. The van der Waals surface area contributed by atoms with Crippen LogP contribution >= 0.6 is 0 Å². The lowest BCUT2D eigenvalue weighted by Crippen LogP contribution is -2.12. The molecule has 0 aliphatic carbocycles. The van der Waals surface area contributed by atoms with Crippen molar-refractivity contribution in [2.45, 2.75) is 13.1 Å². The van der Waals surface area contributed by atoms with Gasteiger partial charge in [-0.2, -0.15) is 13.2 Å². The van der Waals surface area contributed by atoms with Gasteiger partial charge in [0.2, 0.25) is 0 Å². The number of halogens is 3. The van der Waals surface area contributed by atoms with Crippen LogP contribution in [0.1, 0.15) is 21.5 Å². The molecule has 3 nitrogen and oxygen atoms in total. The standard InChI is InChI=1S/C15H12F3NO2/c1-9-8-12(6-7-13(9)20)19-14(21)10-2-4-11(5-3-10)15(16,17)18/h2-8,20H,1H3,(H,19,21). The maximum Gasteiger partial charge on any atom is 0.416 e. The van der Waals surface area contributed by atoms with Crippen molar-refractivity contribution >= 4 is 11.6 Å². The van der Waals surface area contributed by atoms with Gasteiger partial charge in [0, 0.05) is 11.3 Å². The number of phenols is 1. The van der Waals surface area contributed by atoms with Crippen LogP contribution in [0, 0.1) is 6.92 Å². The molecule has 0 aromatic heterocycles. The summed E-state index contributed by atoms with van der Waals surface area (Å²) in [5.41, 5.74) is 0.351. The number of hydrogen-bond acceptors (Lipinski definition) is 2. The van der Waals surface area contributed by atoms with E-state index in [1.165, 1.54) is 12.1 Å². The molecule has 0 unspecified atom stereocenters. The van der Waals surface area contributed by atoms with Crippen LogP contribution in [0.2, 0.25) is 0 Å². The Morgan fingerprint density at radius 3 is 2.24 bits per heavy atom. The van der Waals surface area contributed by atoms with E-state index in [0.717, 1.165) is 24.3 Å². The number of alkyl halides is 3.